The standard InChI is InChI=1S/C21H20Cl2N4O/c1-15-5-6-18(23)12-20(15)25-21(28)16(13-24)14-26-7-9-27(10-8-26)19-4-2-3-17(22)11-19/h2-6,11-12,14H,7-10H2,1H3,(H,25,28)/b16-14-. The van der Waals surface area contributed by atoms with Gasteiger partial charge in [-0.15, -0.1) is 0 Å². The highest BCUT2D eigenvalue weighted by atomic mass is 35.5. The number of carbonyl (C=O) groups excluding carboxylic acids is 1. The van der Waals surface area contributed by atoms with Crippen LogP contribution < -0.4 is 10.2 Å². The van der Waals surface area contributed by atoms with Crippen molar-refractivity contribution in [3.63, 3.8) is 0 Å². The van der Waals surface area contributed by atoms with Crippen molar-refractivity contribution in [3.05, 3.63) is 69.8 Å². The number of nitriles is 1. The quantitative estimate of drug-likeness (QED) is 0.591. The maximum absolute atomic E-state index is 12.5. The highest BCUT2D eigenvalue weighted by Crippen LogP contribution is 2.22. The van der Waals surface area contributed by atoms with Gasteiger partial charge < -0.3 is 15.1 Å². The molecule has 1 heterocycles. The van der Waals surface area contributed by atoms with Crippen molar-refractivity contribution in [2.24, 2.45) is 0 Å². The molecule has 3 rings (SSSR count). The van der Waals surface area contributed by atoms with E-state index < -0.39 is 5.91 Å². The summed E-state index contributed by atoms with van der Waals surface area (Å²) in [7, 11) is 0. The zero-order chi connectivity index (χ0) is 20.1. The largest absolute Gasteiger partial charge is 0.373 e. The lowest BCUT2D eigenvalue weighted by atomic mass is 10.2. The second kappa shape index (κ2) is 9.01. The van der Waals surface area contributed by atoms with E-state index in [9.17, 15) is 10.1 Å². The van der Waals surface area contributed by atoms with Crippen LogP contribution in [0.15, 0.2) is 54.2 Å². The third kappa shape index (κ3) is 4.98. The molecule has 5 nitrogen and oxygen atoms in total. The van der Waals surface area contributed by atoms with E-state index in [-0.39, 0.29) is 5.57 Å². The first-order chi connectivity index (χ1) is 13.5. The van der Waals surface area contributed by atoms with Gasteiger partial charge in [0, 0.05) is 53.8 Å². The topological polar surface area (TPSA) is 59.4 Å². The number of halogens is 2. The lowest BCUT2D eigenvalue weighted by Crippen LogP contribution is -2.44. The lowest BCUT2D eigenvalue weighted by molar-refractivity contribution is -0.112. The second-order valence-electron chi connectivity index (χ2n) is 6.57. The number of nitrogens with zero attached hydrogens (tertiary/aromatic N) is 3. The van der Waals surface area contributed by atoms with Crippen LogP contribution in [0.5, 0.6) is 0 Å². The molecule has 2 aromatic carbocycles. The number of aryl methyl sites for hydroxylation is 1. The summed E-state index contributed by atoms with van der Waals surface area (Å²) in [5.41, 5.74) is 2.62. The maximum atomic E-state index is 12.5. The first-order valence-electron chi connectivity index (χ1n) is 8.90. The molecule has 0 aliphatic carbocycles. The first kappa shape index (κ1) is 20.1. The van der Waals surface area contributed by atoms with Crippen LogP contribution in [0.4, 0.5) is 11.4 Å². The maximum Gasteiger partial charge on any atom is 0.267 e. The third-order valence-corrected chi connectivity index (χ3v) is 5.08. The number of rotatable bonds is 4. The Balaban J connectivity index is 1.64. The molecule has 0 atom stereocenters. The van der Waals surface area contributed by atoms with E-state index in [1.165, 1.54) is 0 Å². The summed E-state index contributed by atoms with van der Waals surface area (Å²) >= 11 is 12.1. The molecular formula is C21H20Cl2N4O. The molecule has 28 heavy (non-hydrogen) atoms. The lowest BCUT2D eigenvalue weighted by Gasteiger charge is -2.35. The van der Waals surface area contributed by atoms with Gasteiger partial charge in [-0.3, -0.25) is 4.79 Å². The van der Waals surface area contributed by atoms with Crippen molar-refractivity contribution in [2.75, 3.05) is 36.4 Å². The zero-order valence-corrected chi connectivity index (χ0v) is 17.0. The van der Waals surface area contributed by atoms with Gasteiger partial charge >= 0.3 is 0 Å². The molecule has 1 aliphatic rings. The van der Waals surface area contributed by atoms with Gasteiger partial charge in [0.15, 0.2) is 0 Å². The van der Waals surface area contributed by atoms with Crippen molar-refractivity contribution < 1.29 is 4.79 Å². The second-order valence-corrected chi connectivity index (χ2v) is 7.44. The molecule has 1 saturated heterocycles. The summed E-state index contributed by atoms with van der Waals surface area (Å²) in [6, 6.07) is 15.0. The van der Waals surface area contributed by atoms with E-state index in [2.05, 4.69) is 10.2 Å². The number of amides is 1. The van der Waals surface area contributed by atoms with Gasteiger partial charge in [0.1, 0.15) is 11.6 Å². The van der Waals surface area contributed by atoms with Gasteiger partial charge in [-0.25, -0.2) is 0 Å². The fourth-order valence-electron chi connectivity index (χ4n) is 3.02. The summed E-state index contributed by atoms with van der Waals surface area (Å²) < 4.78 is 0. The molecule has 1 fully saturated rings. The van der Waals surface area contributed by atoms with Crippen LogP contribution in [0.3, 0.4) is 0 Å². The molecule has 0 aromatic heterocycles. The van der Waals surface area contributed by atoms with E-state index in [0.717, 1.165) is 24.3 Å². The number of nitrogens with one attached hydrogen (secondary N) is 1. The Bertz CT molecular complexity index is 944. The van der Waals surface area contributed by atoms with E-state index >= 15 is 0 Å². The normalized spacial score (nSPS) is 14.6. The number of hydrogen-bond donors (Lipinski definition) is 1. The fourth-order valence-corrected chi connectivity index (χ4v) is 3.38. The van der Waals surface area contributed by atoms with E-state index in [1.54, 1.807) is 18.3 Å². The Hall–Kier alpha value is -2.68. The SMILES string of the molecule is Cc1ccc(Cl)cc1NC(=O)/C(C#N)=C\N1CCN(c2cccc(Cl)c2)CC1. The average molecular weight is 415 g/mol. The number of carbonyl (C=O) groups is 1. The number of piperazine rings is 1. The molecule has 144 valence electrons. The van der Waals surface area contributed by atoms with Gasteiger partial charge in [-0.2, -0.15) is 5.26 Å². The average Bonchev–Trinajstić information content (AvgIpc) is 2.69. The minimum Gasteiger partial charge on any atom is -0.373 e. The highest BCUT2D eigenvalue weighted by molar-refractivity contribution is 6.31. The molecule has 1 N–H and O–H groups in total. The summed E-state index contributed by atoms with van der Waals surface area (Å²) in [4.78, 5) is 16.7. The molecule has 0 radical (unpaired) electrons. The fraction of sp³-hybridized carbons (Fsp3) is 0.238. The molecule has 0 spiro atoms. The van der Waals surface area contributed by atoms with Crippen LogP contribution in [-0.4, -0.2) is 37.0 Å². The number of anilines is 2. The minimum absolute atomic E-state index is 0.0654. The number of hydrogen-bond acceptors (Lipinski definition) is 4. The van der Waals surface area contributed by atoms with Gasteiger partial charge in [-0.05, 0) is 42.8 Å². The van der Waals surface area contributed by atoms with Crippen LogP contribution >= 0.6 is 23.2 Å². The van der Waals surface area contributed by atoms with E-state index in [1.807, 2.05) is 48.2 Å². The molecule has 7 heteroatoms. The van der Waals surface area contributed by atoms with Gasteiger partial charge in [0.2, 0.25) is 0 Å². The Morgan fingerprint density at radius 3 is 2.50 bits per heavy atom. The van der Waals surface area contributed by atoms with E-state index in [4.69, 9.17) is 23.2 Å². The van der Waals surface area contributed by atoms with Gasteiger partial charge in [0.05, 0.1) is 0 Å². The van der Waals surface area contributed by atoms with Crippen LogP contribution in [0, 0.1) is 18.3 Å². The summed E-state index contributed by atoms with van der Waals surface area (Å²) in [6.45, 7) is 4.86. The summed E-state index contributed by atoms with van der Waals surface area (Å²) in [6.07, 6.45) is 1.63. The third-order valence-electron chi connectivity index (χ3n) is 4.61. The van der Waals surface area contributed by atoms with Gasteiger partial charge in [-0.1, -0.05) is 35.3 Å². The van der Waals surface area contributed by atoms with Crippen molar-refractivity contribution in [1.29, 1.82) is 5.26 Å². The van der Waals surface area contributed by atoms with Crippen molar-refractivity contribution in [2.45, 2.75) is 6.92 Å². The Morgan fingerprint density at radius 1 is 1.11 bits per heavy atom. The van der Waals surface area contributed by atoms with Crippen LogP contribution in [0.25, 0.3) is 0 Å². The molecule has 0 bridgehead atoms. The van der Waals surface area contributed by atoms with Crippen LogP contribution in [-0.2, 0) is 4.79 Å². The Kier molecular flexibility index (Phi) is 6.45. The monoisotopic (exact) mass is 414 g/mol. The predicted octanol–water partition coefficient (Wildman–Crippen LogP) is 4.47. The molecule has 1 aliphatic heterocycles. The molecule has 2 aromatic rings. The smallest absolute Gasteiger partial charge is 0.267 e. The molecule has 1 amide bonds. The first-order valence-corrected chi connectivity index (χ1v) is 9.66. The Morgan fingerprint density at radius 2 is 1.82 bits per heavy atom. The van der Waals surface area contributed by atoms with Gasteiger partial charge in [0.25, 0.3) is 5.91 Å². The Labute approximate surface area is 174 Å². The van der Waals surface area contributed by atoms with Crippen molar-refractivity contribution in [1.82, 2.24) is 4.90 Å². The van der Waals surface area contributed by atoms with Crippen LogP contribution in [0.2, 0.25) is 10.0 Å². The number of benzene rings is 2. The molecule has 0 saturated carbocycles. The van der Waals surface area contributed by atoms with Crippen molar-refractivity contribution >= 4 is 40.5 Å². The minimum atomic E-state index is -0.440. The highest BCUT2D eigenvalue weighted by Gasteiger charge is 2.18. The van der Waals surface area contributed by atoms with Crippen LogP contribution in [0.1, 0.15) is 5.56 Å². The predicted molar refractivity (Wildman–Crippen MR) is 114 cm³/mol. The summed E-state index contributed by atoms with van der Waals surface area (Å²) in [5, 5.41) is 13.4. The summed E-state index contributed by atoms with van der Waals surface area (Å²) in [5.74, 6) is -0.440. The van der Waals surface area contributed by atoms with Crippen molar-refractivity contribution in [3.8, 4) is 6.07 Å². The van der Waals surface area contributed by atoms with E-state index in [0.29, 0.717) is 28.8 Å². The molecular weight excluding hydrogens is 395 g/mol. The molecule has 0 unspecified atom stereocenters. The zero-order valence-electron chi connectivity index (χ0n) is 15.5.